The number of carbonyl (C=O) groups is 2. The van der Waals surface area contributed by atoms with E-state index in [1.807, 2.05) is 0 Å². The Kier molecular flexibility index (Phi) is 5.38. The molecule has 1 fully saturated rings. The fourth-order valence-electron chi connectivity index (χ4n) is 2.51. The molecule has 1 aliphatic heterocycles. The highest BCUT2D eigenvalue weighted by atomic mass is 32.2. The largest absolute Gasteiger partial charge is 0.548 e. The van der Waals surface area contributed by atoms with Crippen molar-refractivity contribution in [3.63, 3.8) is 0 Å². The zero-order valence-corrected chi connectivity index (χ0v) is 13.7. The molecule has 1 aromatic carbocycles. The third kappa shape index (κ3) is 4.08. The maximum Gasteiger partial charge on any atom is 0.253 e. The van der Waals surface area contributed by atoms with Gasteiger partial charge in [-0.3, -0.25) is 4.79 Å². The molecule has 1 aromatic rings. The van der Waals surface area contributed by atoms with Gasteiger partial charge in [0.25, 0.3) is 5.91 Å². The normalized spacial score (nSPS) is 16.0. The molecule has 23 heavy (non-hydrogen) atoms. The van der Waals surface area contributed by atoms with Crippen molar-refractivity contribution >= 4 is 21.9 Å². The quantitative estimate of drug-likeness (QED) is 0.732. The second-order valence-corrected chi connectivity index (χ2v) is 7.46. The summed E-state index contributed by atoms with van der Waals surface area (Å²) in [4.78, 5) is 23.7. The van der Waals surface area contributed by atoms with Gasteiger partial charge in [0.2, 0.25) is 10.0 Å². The van der Waals surface area contributed by atoms with Gasteiger partial charge in [0, 0.05) is 25.7 Å². The monoisotopic (exact) mass is 339 g/mol. The summed E-state index contributed by atoms with van der Waals surface area (Å²) < 4.78 is 26.4. The Balaban J connectivity index is 2.15. The number of aliphatic carboxylic acids is 1. The lowest BCUT2D eigenvalue weighted by molar-refractivity contribution is -0.305. The Bertz CT molecular complexity index is 678. The van der Waals surface area contributed by atoms with E-state index in [9.17, 15) is 23.1 Å². The molecule has 2 rings (SSSR count). The standard InChI is InChI=1S/C15H20N2O5S/c1-16(11-14(18)19)15(20)12-5-7-13(8-6-12)23(21,22)17-9-3-2-4-10-17/h5-8H,2-4,9-11H2,1H3,(H,18,19)/p-1. The number of carboxylic acid groups (broad SMARTS) is 1. The number of amides is 1. The number of piperidine rings is 1. The van der Waals surface area contributed by atoms with Crippen LogP contribution in [-0.4, -0.2) is 56.2 Å². The maximum absolute atomic E-state index is 12.5. The van der Waals surface area contributed by atoms with Crippen molar-refractivity contribution in [1.82, 2.24) is 9.21 Å². The first-order valence-electron chi connectivity index (χ1n) is 7.38. The zero-order chi connectivity index (χ0) is 17.0. The first-order chi connectivity index (χ1) is 10.8. The van der Waals surface area contributed by atoms with Gasteiger partial charge < -0.3 is 14.8 Å². The van der Waals surface area contributed by atoms with Gasteiger partial charge in [0.1, 0.15) is 0 Å². The molecule has 0 N–H and O–H groups in total. The van der Waals surface area contributed by atoms with E-state index in [0.717, 1.165) is 24.2 Å². The summed E-state index contributed by atoms with van der Waals surface area (Å²) in [5.41, 5.74) is 0.228. The van der Waals surface area contributed by atoms with Crippen molar-refractivity contribution in [2.75, 3.05) is 26.7 Å². The van der Waals surface area contributed by atoms with Crippen LogP contribution in [0.15, 0.2) is 29.2 Å². The number of nitrogens with zero attached hydrogens (tertiary/aromatic N) is 2. The number of hydrogen-bond donors (Lipinski definition) is 0. The third-order valence-electron chi connectivity index (χ3n) is 3.77. The minimum absolute atomic E-state index is 0.138. The van der Waals surface area contributed by atoms with Crippen molar-refractivity contribution in [3.05, 3.63) is 29.8 Å². The van der Waals surface area contributed by atoms with E-state index in [4.69, 9.17) is 0 Å². The molecule has 1 aliphatic rings. The number of carboxylic acids is 1. The zero-order valence-electron chi connectivity index (χ0n) is 12.9. The van der Waals surface area contributed by atoms with E-state index < -0.39 is 28.4 Å². The van der Waals surface area contributed by atoms with Crippen LogP contribution in [0.4, 0.5) is 0 Å². The fourth-order valence-corrected chi connectivity index (χ4v) is 4.03. The molecule has 0 saturated carbocycles. The lowest BCUT2D eigenvalue weighted by Crippen LogP contribution is -2.39. The molecule has 0 unspecified atom stereocenters. The molecular weight excluding hydrogens is 320 g/mol. The van der Waals surface area contributed by atoms with E-state index in [2.05, 4.69) is 0 Å². The number of hydrogen-bond acceptors (Lipinski definition) is 5. The van der Waals surface area contributed by atoms with Crippen molar-refractivity contribution in [2.45, 2.75) is 24.2 Å². The lowest BCUT2D eigenvalue weighted by Gasteiger charge is -2.26. The summed E-state index contributed by atoms with van der Waals surface area (Å²) in [5.74, 6) is -1.86. The number of benzene rings is 1. The predicted octanol–water partition coefficient (Wildman–Crippen LogP) is -0.317. The van der Waals surface area contributed by atoms with Gasteiger partial charge in [-0.2, -0.15) is 4.31 Å². The van der Waals surface area contributed by atoms with E-state index >= 15 is 0 Å². The summed E-state index contributed by atoms with van der Waals surface area (Å²) in [6.07, 6.45) is 2.73. The summed E-state index contributed by atoms with van der Waals surface area (Å²) in [5, 5.41) is 10.5. The Morgan fingerprint density at radius 1 is 1.13 bits per heavy atom. The van der Waals surface area contributed by atoms with Crippen LogP contribution in [0.1, 0.15) is 29.6 Å². The van der Waals surface area contributed by atoms with Crippen molar-refractivity contribution in [3.8, 4) is 0 Å². The van der Waals surface area contributed by atoms with Gasteiger partial charge >= 0.3 is 0 Å². The molecule has 1 saturated heterocycles. The topological polar surface area (TPSA) is 97.8 Å². The molecule has 7 nitrogen and oxygen atoms in total. The molecule has 0 aliphatic carbocycles. The second kappa shape index (κ2) is 7.10. The summed E-state index contributed by atoms with van der Waals surface area (Å²) in [6.45, 7) is 0.501. The van der Waals surface area contributed by atoms with Crippen LogP contribution < -0.4 is 5.11 Å². The molecule has 0 bridgehead atoms. The number of carbonyl (C=O) groups excluding carboxylic acids is 2. The van der Waals surface area contributed by atoms with Gasteiger partial charge in [0.15, 0.2) is 0 Å². The minimum Gasteiger partial charge on any atom is -0.548 e. The summed E-state index contributed by atoms with van der Waals surface area (Å²) >= 11 is 0. The SMILES string of the molecule is CN(CC(=O)[O-])C(=O)c1ccc(S(=O)(=O)N2CCCCC2)cc1. The first-order valence-corrected chi connectivity index (χ1v) is 8.82. The molecular formula is C15H19N2O5S-. The highest BCUT2D eigenvalue weighted by molar-refractivity contribution is 7.89. The van der Waals surface area contributed by atoms with Gasteiger partial charge in [-0.05, 0) is 37.1 Å². The van der Waals surface area contributed by atoms with Crippen LogP contribution in [-0.2, 0) is 14.8 Å². The molecule has 0 spiro atoms. The average Bonchev–Trinajstić information content (AvgIpc) is 2.54. The van der Waals surface area contributed by atoms with Crippen LogP contribution in [0.2, 0.25) is 0 Å². The highest BCUT2D eigenvalue weighted by Crippen LogP contribution is 2.21. The third-order valence-corrected chi connectivity index (χ3v) is 5.68. The number of rotatable bonds is 5. The fraction of sp³-hybridized carbons (Fsp3) is 0.467. The van der Waals surface area contributed by atoms with Crippen LogP contribution in [0.25, 0.3) is 0 Å². The molecule has 0 atom stereocenters. The Morgan fingerprint density at radius 2 is 1.70 bits per heavy atom. The first kappa shape index (κ1) is 17.4. The summed E-state index contributed by atoms with van der Waals surface area (Å²) in [7, 11) is -2.20. The average molecular weight is 339 g/mol. The van der Waals surface area contributed by atoms with E-state index in [-0.39, 0.29) is 10.5 Å². The van der Waals surface area contributed by atoms with Gasteiger partial charge in [0.05, 0.1) is 17.4 Å². The van der Waals surface area contributed by atoms with E-state index in [0.29, 0.717) is 13.1 Å². The van der Waals surface area contributed by atoms with E-state index in [1.54, 1.807) is 0 Å². The van der Waals surface area contributed by atoms with Crippen molar-refractivity contribution in [2.24, 2.45) is 0 Å². The van der Waals surface area contributed by atoms with Crippen LogP contribution >= 0.6 is 0 Å². The van der Waals surface area contributed by atoms with Crippen LogP contribution in [0, 0.1) is 0 Å². The lowest BCUT2D eigenvalue weighted by atomic mass is 10.2. The number of likely N-dealkylation sites (N-methyl/N-ethyl adjacent to an activating group) is 1. The molecule has 8 heteroatoms. The van der Waals surface area contributed by atoms with Gasteiger partial charge in [-0.15, -0.1) is 0 Å². The Morgan fingerprint density at radius 3 is 2.22 bits per heavy atom. The summed E-state index contributed by atoms with van der Waals surface area (Å²) in [6, 6.07) is 5.55. The molecule has 1 amide bonds. The predicted molar refractivity (Wildman–Crippen MR) is 81.0 cm³/mol. The van der Waals surface area contributed by atoms with Crippen LogP contribution in [0.5, 0.6) is 0 Å². The Labute approximate surface area is 135 Å². The van der Waals surface area contributed by atoms with Gasteiger partial charge in [-0.25, -0.2) is 8.42 Å². The number of sulfonamides is 1. The van der Waals surface area contributed by atoms with Gasteiger partial charge in [-0.1, -0.05) is 6.42 Å². The van der Waals surface area contributed by atoms with E-state index in [1.165, 1.54) is 35.6 Å². The molecule has 0 radical (unpaired) electrons. The molecule has 1 heterocycles. The van der Waals surface area contributed by atoms with Crippen LogP contribution in [0.3, 0.4) is 0 Å². The molecule has 126 valence electrons. The van der Waals surface area contributed by atoms with Crippen molar-refractivity contribution in [1.29, 1.82) is 0 Å². The minimum atomic E-state index is -3.54. The second-order valence-electron chi connectivity index (χ2n) is 5.52. The highest BCUT2D eigenvalue weighted by Gasteiger charge is 2.26. The molecule has 0 aromatic heterocycles. The Hall–Kier alpha value is -1.93. The maximum atomic E-state index is 12.5. The van der Waals surface area contributed by atoms with Crippen molar-refractivity contribution < 1.29 is 23.1 Å². The smallest absolute Gasteiger partial charge is 0.253 e.